The first-order chi connectivity index (χ1) is 18.1. The smallest absolute Gasteiger partial charge is 0.165 e. The minimum absolute atomic E-state index is 0.315. The first kappa shape index (κ1) is 25.1. The van der Waals surface area contributed by atoms with Crippen LogP contribution >= 0.6 is 11.6 Å². The van der Waals surface area contributed by atoms with Crippen LogP contribution in [0.1, 0.15) is 86.1 Å². The van der Waals surface area contributed by atoms with Crippen molar-refractivity contribution in [3.63, 3.8) is 0 Å². The molecule has 1 saturated carbocycles. The van der Waals surface area contributed by atoms with E-state index in [-0.39, 0.29) is 5.54 Å². The van der Waals surface area contributed by atoms with E-state index in [4.69, 9.17) is 22.1 Å². The van der Waals surface area contributed by atoms with Crippen molar-refractivity contribution in [2.45, 2.75) is 70.3 Å². The van der Waals surface area contributed by atoms with Crippen molar-refractivity contribution in [1.29, 1.82) is 0 Å². The van der Waals surface area contributed by atoms with E-state index in [0.29, 0.717) is 11.6 Å². The topological polar surface area (TPSA) is 91.8 Å². The maximum Gasteiger partial charge on any atom is 0.165 e. The van der Waals surface area contributed by atoms with E-state index in [1.807, 2.05) is 31.2 Å². The Hall–Kier alpha value is -3.59. The number of unbranched alkanes of at least 4 members (excludes halogenated alkanes) is 6. The third-order valence-electron chi connectivity index (χ3n) is 7.01. The molecule has 1 aliphatic carbocycles. The highest BCUT2D eigenvalue weighted by molar-refractivity contribution is 6.30. The zero-order valence-electron chi connectivity index (χ0n) is 21.1. The SMILES string of the molecule is Cc1nnc2n1-c1ccc(C#CCCCCCCCCN=[N+]=[N-])cc1C(c1ccc(Cl)cc1)=NC21CC1. The number of azide groups is 1. The molecule has 188 valence electrons. The summed E-state index contributed by atoms with van der Waals surface area (Å²) in [6, 6.07) is 14.3. The van der Waals surface area contributed by atoms with Crippen molar-refractivity contribution >= 4 is 17.3 Å². The Bertz CT molecular complexity index is 1410. The number of rotatable bonds is 9. The van der Waals surface area contributed by atoms with Gasteiger partial charge >= 0.3 is 0 Å². The average Bonchev–Trinajstić information content (AvgIpc) is 3.61. The van der Waals surface area contributed by atoms with Crippen LogP contribution in [0, 0.1) is 18.8 Å². The third kappa shape index (κ3) is 5.56. The third-order valence-corrected chi connectivity index (χ3v) is 7.26. The van der Waals surface area contributed by atoms with Crippen LogP contribution in [0.2, 0.25) is 5.02 Å². The van der Waals surface area contributed by atoms with Gasteiger partial charge in [0, 0.05) is 39.6 Å². The van der Waals surface area contributed by atoms with Gasteiger partial charge in [-0.25, -0.2) is 0 Å². The normalized spacial score (nSPS) is 14.5. The van der Waals surface area contributed by atoms with Gasteiger partial charge in [0.2, 0.25) is 0 Å². The number of benzene rings is 2. The van der Waals surface area contributed by atoms with Crippen LogP contribution in [0.25, 0.3) is 16.1 Å². The van der Waals surface area contributed by atoms with Crippen LogP contribution in [0.4, 0.5) is 0 Å². The molecule has 2 heterocycles. The van der Waals surface area contributed by atoms with E-state index in [1.54, 1.807) is 0 Å². The number of aryl methyl sites for hydroxylation is 1. The molecular weight excluding hydrogens is 482 g/mol. The van der Waals surface area contributed by atoms with Crippen LogP contribution < -0.4 is 0 Å². The predicted molar refractivity (Wildman–Crippen MR) is 147 cm³/mol. The lowest BCUT2D eigenvalue weighted by Gasteiger charge is -2.13. The van der Waals surface area contributed by atoms with E-state index in [9.17, 15) is 0 Å². The molecule has 2 aliphatic rings. The van der Waals surface area contributed by atoms with Crippen molar-refractivity contribution in [2.24, 2.45) is 10.1 Å². The lowest BCUT2D eigenvalue weighted by Crippen LogP contribution is -2.11. The average molecular weight is 512 g/mol. The molecule has 0 unspecified atom stereocenters. The Labute approximate surface area is 222 Å². The van der Waals surface area contributed by atoms with Gasteiger partial charge in [0.25, 0.3) is 0 Å². The van der Waals surface area contributed by atoms with Gasteiger partial charge in [-0.05, 0) is 68.5 Å². The minimum Gasteiger partial charge on any atom is -0.280 e. The van der Waals surface area contributed by atoms with Gasteiger partial charge in [0.05, 0.1) is 11.4 Å². The molecule has 1 fully saturated rings. The number of halogens is 1. The van der Waals surface area contributed by atoms with Gasteiger partial charge < -0.3 is 0 Å². The largest absolute Gasteiger partial charge is 0.280 e. The first-order valence-corrected chi connectivity index (χ1v) is 13.4. The van der Waals surface area contributed by atoms with Crippen LogP contribution in [0.3, 0.4) is 0 Å². The zero-order valence-corrected chi connectivity index (χ0v) is 21.9. The molecule has 3 aromatic rings. The monoisotopic (exact) mass is 511 g/mol. The van der Waals surface area contributed by atoms with E-state index >= 15 is 0 Å². The summed E-state index contributed by atoms with van der Waals surface area (Å²) in [7, 11) is 0. The molecule has 0 amide bonds. The highest BCUT2D eigenvalue weighted by atomic mass is 35.5. The fourth-order valence-electron chi connectivity index (χ4n) is 4.87. The minimum atomic E-state index is -0.315. The van der Waals surface area contributed by atoms with Crippen LogP contribution in [0.15, 0.2) is 52.6 Å². The second-order valence-electron chi connectivity index (χ2n) is 9.76. The van der Waals surface area contributed by atoms with Crippen molar-refractivity contribution in [3.8, 4) is 17.5 Å². The summed E-state index contributed by atoms with van der Waals surface area (Å²) < 4.78 is 2.17. The number of hydrogen-bond acceptors (Lipinski definition) is 4. The summed E-state index contributed by atoms with van der Waals surface area (Å²) in [6.07, 6.45) is 9.55. The van der Waals surface area contributed by atoms with Gasteiger partial charge in [-0.15, -0.1) is 10.2 Å². The fourth-order valence-corrected chi connectivity index (χ4v) is 4.99. The molecule has 37 heavy (non-hydrogen) atoms. The van der Waals surface area contributed by atoms with E-state index in [2.05, 4.69) is 54.8 Å². The van der Waals surface area contributed by atoms with Crippen LogP contribution in [0.5, 0.6) is 0 Å². The standard InChI is InChI=1S/C29H30ClN7/c1-21-34-35-28-29(17-18-29)33-27(23-12-14-24(30)15-13-23)25-20-22(11-16-26(25)37(21)28)10-8-6-4-2-3-5-7-9-19-32-36-31/h11-16,20H,2-7,9,17-19H2,1H3. The van der Waals surface area contributed by atoms with Crippen LogP contribution in [-0.2, 0) is 5.54 Å². The summed E-state index contributed by atoms with van der Waals surface area (Å²) in [6.45, 7) is 2.60. The maximum atomic E-state index is 8.31. The maximum absolute atomic E-state index is 8.31. The Kier molecular flexibility index (Phi) is 7.60. The quantitative estimate of drug-likeness (QED) is 0.0979. The molecule has 1 spiro atoms. The molecule has 2 aromatic carbocycles. The van der Waals surface area contributed by atoms with E-state index < -0.39 is 0 Å². The molecule has 0 bridgehead atoms. The highest BCUT2D eigenvalue weighted by Gasteiger charge is 2.51. The molecule has 1 aliphatic heterocycles. The van der Waals surface area contributed by atoms with Gasteiger partial charge in [-0.1, -0.05) is 66.4 Å². The lowest BCUT2D eigenvalue weighted by molar-refractivity contribution is 0.602. The Balaban J connectivity index is 1.34. The zero-order chi connectivity index (χ0) is 25.7. The molecule has 5 rings (SSSR count). The van der Waals surface area contributed by atoms with E-state index in [0.717, 1.165) is 78.3 Å². The molecule has 0 saturated heterocycles. The highest BCUT2D eigenvalue weighted by Crippen LogP contribution is 2.51. The Morgan fingerprint density at radius 3 is 2.54 bits per heavy atom. The summed E-state index contributed by atoms with van der Waals surface area (Å²) in [5, 5.41) is 13.2. The second-order valence-corrected chi connectivity index (χ2v) is 10.2. The molecule has 0 N–H and O–H groups in total. The number of aliphatic imine (C=N–C) groups is 1. The summed E-state index contributed by atoms with van der Waals surface area (Å²) in [4.78, 5) is 8.09. The van der Waals surface area contributed by atoms with Gasteiger partial charge in [-0.3, -0.25) is 9.56 Å². The molecule has 7 nitrogen and oxygen atoms in total. The molecule has 8 heteroatoms. The Morgan fingerprint density at radius 2 is 1.78 bits per heavy atom. The number of fused-ring (bicyclic) bond motifs is 4. The molecule has 1 aromatic heterocycles. The second kappa shape index (κ2) is 11.2. The number of hydrogen-bond donors (Lipinski definition) is 0. The van der Waals surface area contributed by atoms with Gasteiger partial charge in [-0.2, -0.15) is 0 Å². The fraction of sp³-hybridized carbons (Fsp3) is 0.414. The number of nitrogens with zero attached hydrogens (tertiary/aromatic N) is 7. The van der Waals surface area contributed by atoms with Crippen LogP contribution in [-0.4, -0.2) is 27.0 Å². The first-order valence-electron chi connectivity index (χ1n) is 13.0. The Morgan fingerprint density at radius 1 is 1.03 bits per heavy atom. The molecule has 0 radical (unpaired) electrons. The lowest BCUT2D eigenvalue weighted by atomic mass is 9.98. The summed E-state index contributed by atoms with van der Waals surface area (Å²) in [5.41, 5.74) is 13.1. The van der Waals surface area contributed by atoms with Crippen molar-refractivity contribution in [3.05, 3.63) is 86.3 Å². The molecule has 0 atom stereocenters. The van der Waals surface area contributed by atoms with Crippen molar-refractivity contribution in [1.82, 2.24) is 14.8 Å². The predicted octanol–water partition coefficient (Wildman–Crippen LogP) is 7.46. The molecular formula is C29H30ClN7. The van der Waals surface area contributed by atoms with Gasteiger partial charge in [0.15, 0.2) is 5.82 Å². The van der Waals surface area contributed by atoms with Crippen molar-refractivity contribution in [2.75, 3.05) is 6.54 Å². The summed E-state index contributed by atoms with van der Waals surface area (Å²) in [5.74, 6) is 8.53. The summed E-state index contributed by atoms with van der Waals surface area (Å²) >= 11 is 6.19. The number of aromatic nitrogens is 3. The van der Waals surface area contributed by atoms with Crippen molar-refractivity contribution < 1.29 is 0 Å². The van der Waals surface area contributed by atoms with E-state index in [1.165, 1.54) is 19.3 Å². The van der Waals surface area contributed by atoms with Gasteiger partial charge in [0.1, 0.15) is 11.4 Å².